The number of hydrogen-bond donors (Lipinski definition) is 1. The van der Waals surface area contributed by atoms with E-state index in [0.717, 1.165) is 30.0 Å². The molecule has 0 bridgehead atoms. The normalized spacial score (nSPS) is 26.0. The number of likely N-dealkylation sites (tertiary alicyclic amines) is 2. The zero-order chi connectivity index (χ0) is 18.3. The van der Waals surface area contributed by atoms with Crippen molar-refractivity contribution < 1.29 is 8.76 Å². The zero-order valence-electron chi connectivity index (χ0n) is 16.1. The smallest absolute Gasteiger partial charge is 0.186 e. The minimum Gasteiger partial charge on any atom is -0.302 e. The van der Waals surface area contributed by atoms with Gasteiger partial charge >= 0.3 is 0 Å². The fraction of sp³-hybridized carbons (Fsp3) is 0.714. The van der Waals surface area contributed by atoms with Gasteiger partial charge in [0.15, 0.2) is 11.1 Å². The summed E-state index contributed by atoms with van der Waals surface area (Å²) in [5.74, 6) is 1.77. The largest absolute Gasteiger partial charge is 0.302 e. The summed E-state index contributed by atoms with van der Waals surface area (Å²) in [4.78, 5) is 5.75. The van der Waals surface area contributed by atoms with E-state index in [0.29, 0.717) is 10.3 Å². The molecule has 4 rings (SSSR count). The van der Waals surface area contributed by atoms with Crippen molar-refractivity contribution in [1.82, 2.24) is 9.80 Å². The van der Waals surface area contributed by atoms with Crippen molar-refractivity contribution in [3.05, 3.63) is 29.8 Å². The van der Waals surface area contributed by atoms with Crippen LogP contribution in [0.15, 0.2) is 29.2 Å². The van der Waals surface area contributed by atoms with Gasteiger partial charge in [-0.15, -0.1) is 0 Å². The molecule has 26 heavy (non-hydrogen) atoms. The maximum Gasteiger partial charge on any atom is 0.186 e. The van der Waals surface area contributed by atoms with E-state index in [2.05, 4.69) is 29.7 Å². The monoisotopic (exact) mass is 376 g/mol. The fourth-order valence-electron chi connectivity index (χ4n) is 5.43. The summed E-state index contributed by atoms with van der Waals surface area (Å²) < 4.78 is 20.5. The van der Waals surface area contributed by atoms with E-state index in [4.69, 9.17) is 0 Å². The Morgan fingerprint density at radius 1 is 1.23 bits per heavy atom. The molecule has 2 saturated heterocycles. The SMILES string of the molecule is CC(C)C1CCN(C2CC3(C2)CN(Cc2cccc(S(=O)O)c2)C3)CC1. The van der Waals surface area contributed by atoms with Gasteiger partial charge in [-0.25, -0.2) is 4.21 Å². The van der Waals surface area contributed by atoms with Gasteiger partial charge in [0.1, 0.15) is 0 Å². The first-order chi connectivity index (χ1) is 12.4. The summed E-state index contributed by atoms with van der Waals surface area (Å²) in [5.41, 5.74) is 1.71. The molecule has 1 aliphatic carbocycles. The second-order valence-corrected chi connectivity index (χ2v) is 10.2. The molecule has 1 unspecified atom stereocenters. The molecule has 1 atom stereocenters. The van der Waals surface area contributed by atoms with Crippen LogP contribution >= 0.6 is 0 Å². The van der Waals surface area contributed by atoms with Crippen molar-refractivity contribution in [3.63, 3.8) is 0 Å². The van der Waals surface area contributed by atoms with Crippen molar-refractivity contribution in [2.24, 2.45) is 17.3 Å². The van der Waals surface area contributed by atoms with E-state index >= 15 is 0 Å². The van der Waals surface area contributed by atoms with E-state index in [9.17, 15) is 8.76 Å². The molecular weight excluding hydrogens is 344 g/mol. The lowest BCUT2D eigenvalue weighted by Crippen LogP contribution is -2.66. The molecule has 3 aliphatic rings. The molecule has 1 N–H and O–H groups in total. The van der Waals surface area contributed by atoms with Crippen molar-refractivity contribution in [2.45, 2.75) is 57.0 Å². The Kier molecular flexibility index (Phi) is 5.26. The standard InChI is InChI=1S/C21H32N2O2S/c1-16(2)18-6-8-23(9-7-18)19-11-21(12-19)14-22(15-21)13-17-4-3-5-20(10-17)26(24)25/h3-5,10,16,18-19H,6-9,11-15H2,1-2H3,(H,24,25). The second-order valence-electron chi connectivity index (χ2n) is 9.22. The van der Waals surface area contributed by atoms with Gasteiger partial charge in [0.2, 0.25) is 0 Å². The first-order valence-electron chi connectivity index (χ1n) is 10.1. The summed E-state index contributed by atoms with van der Waals surface area (Å²) in [6.07, 6.45) is 5.51. The van der Waals surface area contributed by atoms with E-state index in [1.165, 1.54) is 51.9 Å². The summed E-state index contributed by atoms with van der Waals surface area (Å²) in [6.45, 7) is 10.6. The predicted molar refractivity (Wildman–Crippen MR) is 105 cm³/mol. The van der Waals surface area contributed by atoms with Crippen molar-refractivity contribution >= 4 is 11.1 Å². The third kappa shape index (κ3) is 3.77. The molecule has 2 aliphatic heterocycles. The van der Waals surface area contributed by atoms with Crippen LogP contribution in [-0.4, -0.2) is 50.8 Å². The molecule has 144 valence electrons. The Labute approximate surface area is 160 Å². The van der Waals surface area contributed by atoms with E-state index in [-0.39, 0.29) is 0 Å². The fourth-order valence-corrected chi connectivity index (χ4v) is 5.88. The maximum atomic E-state index is 11.2. The van der Waals surface area contributed by atoms with Crippen LogP contribution in [0.1, 0.15) is 45.1 Å². The molecule has 2 heterocycles. The molecule has 3 fully saturated rings. The Morgan fingerprint density at radius 3 is 2.54 bits per heavy atom. The summed E-state index contributed by atoms with van der Waals surface area (Å²) in [7, 11) is 0. The quantitative estimate of drug-likeness (QED) is 0.798. The molecule has 5 heteroatoms. The van der Waals surface area contributed by atoms with E-state index < -0.39 is 11.1 Å². The summed E-state index contributed by atoms with van der Waals surface area (Å²) in [5, 5.41) is 0. The Bertz CT molecular complexity index is 656. The Morgan fingerprint density at radius 2 is 1.92 bits per heavy atom. The maximum absolute atomic E-state index is 11.2. The molecule has 1 aromatic carbocycles. The van der Waals surface area contributed by atoms with Crippen LogP contribution in [0, 0.1) is 17.3 Å². The molecular formula is C21H32N2O2S. The molecule has 1 aromatic rings. The lowest BCUT2D eigenvalue weighted by molar-refractivity contribution is -0.117. The Balaban J connectivity index is 1.22. The molecule has 1 saturated carbocycles. The van der Waals surface area contributed by atoms with Crippen LogP contribution < -0.4 is 0 Å². The van der Waals surface area contributed by atoms with Gasteiger partial charge < -0.3 is 9.45 Å². The highest BCUT2D eigenvalue weighted by atomic mass is 32.2. The molecule has 4 nitrogen and oxygen atoms in total. The summed E-state index contributed by atoms with van der Waals surface area (Å²) >= 11 is -1.88. The van der Waals surface area contributed by atoms with Gasteiger partial charge in [0, 0.05) is 25.7 Å². The molecule has 0 amide bonds. The molecule has 0 aromatic heterocycles. The van der Waals surface area contributed by atoms with Gasteiger partial charge in [0.25, 0.3) is 0 Å². The predicted octanol–water partition coefficient (Wildman–Crippen LogP) is 3.60. The average Bonchev–Trinajstić information content (AvgIpc) is 2.56. The molecule has 1 spiro atoms. The van der Waals surface area contributed by atoms with Gasteiger partial charge in [-0.1, -0.05) is 26.0 Å². The topological polar surface area (TPSA) is 43.8 Å². The highest BCUT2D eigenvalue weighted by molar-refractivity contribution is 7.79. The van der Waals surface area contributed by atoms with Gasteiger partial charge in [0.05, 0.1) is 4.90 Å². The number of hydrogen-bond acceptors (Lipinski definition) is 3. The van der Waals surface area contributed by atoms with Crippen LogP contribution in [0.2, 0.25) is 0 Å². The highest BCUT2D eigenvalue weighted by Crippen LogP contribution is 2.51. The van der Waals surface area contributed by atoms with Crippen molar-refractivity contribution in [3.8, 4) is 0 Å². The highest BCUT2D eigenvalue weighted by Gasteiger charge is 2.53. The second kappa shape index (κ2) is 7.34. The van der Waals surface area contributed by atoms with Gasteiger partial charge in [-0.05, 0) is 73.7 Å². The van der Waals surface area contributed by atoms with Crippen molar-refractivity contribution in [2.75, 3.05) is 26.2 Å². The van der Waals surface area contributed by atoms with Crippen LogP contribution in [-0.2, 0) is 17.6 Å². The Hall–Kier alpha value is -0.750. The molecule has 0 radical (unpaired) electrons. The lowest BCUT2D eigenvalue weighted by Gasteiger charge is -2.62. The van der Waals surface area contributed by atoms with E-state index in [1.807, 2.05) is 12.1 Å². The first-order valence-corrected chi connectivity index (χ1v) is 11.2. The zero-order valence-corrected chi connectivity index (χ0v) is 16.9. The first kappa shape index (κ1) is 18.6. The number of piperidine rings is 1. The van der Waals surface area contributed by atoms with Crippen LogP contribution in [0.4, 0.5) is 0 Å². The summed E-state index contributed by atoms with van der Waals surface area (Å²) in [6, 6.07) is 8.35. The van der Waals surface area contributed by atoms with Crippen LogP contribution in [0.3, 0.4) is 0 Å². The lowest BCUT2D eigenvalue weighted by atomic mass is 9.60. The number of nitrogens with zero attached hydrogens (tertiary/aromatic N) is 2. The van der Waals surface area contributed by atoms with Crippen molar-refractivity contribution in [1.29, 1.82) is 0 Å². The third-order valence-electron chi connectivity index (χ3n) is 6.99. The van der Waals surface area contributed by atoms with Gasteiger partial charge in [-0.3, -0.25) is 4.90 Å². The average molecular weight is 377 g/mol. The minimum absolute atomic E-state index is 0.506. The number of benzene rings is 1. The minimum atomic E-state index is -1.88. The van der Waals surface area contributed by atoms with Gasteiger partial charge in [-0.2, -0.15) is 0 Å². The van der Waals surface area contributed by atoms with E-state index in [1.54, 1.807) is 6.07 Å². The van der Waals surface area contributed by atoms with Crippen LogP contribution in [0.25, 0.3) is 0 Å². The number of rotatable bonds is 5. The van der Waals surface area contributed by atoms with Crippen LogP contribution in [0.5, 0.6) is 0 Å². The third-order valence-corrected chi connectivity index (χ3v) is 7.65.